The number of amides is 1. The number of aliphatic hydroxyl groups is 1. The first-order chi connectivity index (χ1) is 8.29. The van der Waals surface area contributed by atoms with Crippen LogP contribution in [0.2, 0.25) is 0 Å². The molecule has 0 aliphatic heterocycles. The van der Waals surface area contributed by atoms with Gasteiger partial charge in [0.05, 0.1) is 12.1 Å². The summed E-state index contributed by atoms with van der Waals surface area (Å²) in [6.45, 7) is 7.03. The summed E-state index contributed by atoms with van der Waals surface area (Å²) in [7, 11) is 0. The third-order valence-corrected chi connectivity index (χ3v) is 2.31. The van der Waals surface area contributed by atoms with Gasteiger partial charge in [-0.2, -0.15) is 0 Å². The molecule has 4 nitrogen and oxygen atoms in total. The van der Waals surface area contributed by atoms with Crippen molar-refractivity contribution >= 4 is 6.09 Å². The summed E-state index contributed by atoms with van der Waals surface area (Å²) >= 11 is 0. The predicted molar refractivity (Wildman–Crippen MR) is 70.2 cm³/mol. The molecular weight excluding hydrogens is 230 g/mol. The lowest BCUT2D eigenvalue weighted by molar-refractivity contribution is 0.0436. The molecule has 0 heterocycles. The Kier molecular flexibility index (Phi) is 4.73. The second-order valence-corrected chi connectivity index (χ2v) is 5.28. The van der Waals surface area contributed by atoms with E-state index in [4.69, 9.17) is 4.74 Å². The molecule has 2 N–H and O–H groups in total. The number of benzene rings is 1. The van der Waals surface area contributed by atoms with Crippen molar-refractivity contribution in [2.45, 2.75) is 45.4 Å². The fraction of sp³-hybridized carbons (Fsp3) is 0.500. The van der Waals surface area contributed by atoms with E-state index in [1.165, 1.54) is 0 Å². The van der Waals surface area contributed by atoms with Crippen molar-refractivity contribution in [3.8, 4) is 0 Å². The highest BCUT2D eigenvalue weighted by Crippen LogP contribution is 2.17. The van der Waals surface area contributed by atoms with Crippen LogP contribution in [-0.2, 0) is 4.74 Å². The number of nitrogens with one attached hydrogen (secondary N) is 1. The smallest absolute Gasteiger partial charge is 0.408 e. The van der Waals surface area contributed by atoms with E-state index < -0.39 is 23.8 Å². The molecule has 0 spiro atoms. The van der Waals surface area contributed by atoms with Gasteiger partial charge in [-0.05, 0) is 33.3 Å². The lowest BCUT2D eigenvalue weighted by Crippen LogP contribution is -2.38. The van der Waals surface area contributed by atoms with Gasteiger partial charge in [0.15, 0.2) is 0 Å². The van der Waals surface area contributed by atoms with Crippen LogP contribution in [0.4, 0.5) is 4.79 Å². The predicted octanol–water partition coefficient (Wildman–Crippen LogP) is 2.63. The second-order valence-electron chi connectivity index (χ2n) is 5.28. The summed E-state index contributed by atoms with van der Waals surface area (Å²) in [6.07, 6.45) is -1.22. The minimum Gasteiger partial charge on any atom is -0.444 e. The molecule has 0 aromatic heterocycles. The van der Waals surface area contributed by atoms with Crippen LogP contribution in [0, 0.1) is 0 Å². The highest BCUT2D eigenvalue weighted by atomic mass is 16.6. The fourth-order valence-corrected chi connectivity index (χ4v) is 1.58. The van der Waals surface area contributed by atoms with Crippen LogP contribution in [0.1, 0.15) is 39.3 Å². The Morgan fingerprint density at radius 3 is 2.28 bits per heavy atom. The number of ether oxygens (including phenoxy) is 1. The number of hydrogen-bond acceptors (Lipinski definition) is 3. The van der Waals surface area contributed by atoms with E-state index in [1.54, 1.807) is 27.7 Å². The number of hydrogen-bond donors (Lipinski definition) is 2. The Hall–Kier alpha value is -1.55. The molecule has 0 saturated heterocycles. The van der Waals surface area contributed by atoms with Crippen LogP contribution in [0.5, 0.6) is 0 Å². The molecule has 1 rings (SSSR count). The first-order valence-corrected chi connectivity index (χ1v) is 6.02. The van der Waals surface area contributed by atoms with E-state index >= 15 is 0 Å². The van der Waals surface area contributed by atoms with Crippen LogP contribution >= 0.6 is 0 Å². The van der Waals surface area contributed by atoms with Crippen LogP contribution in [0.25, 0.3) is 0 Å². The Labute approximate surface area is 108 Å². The molecule has 0 bridgehead atoms. The summed E-state index contributed by atoms with van der Waals surface area (Å²) in [5, 5.41) is 12.4. The molecule has 2 atom stereocenters. The Morgan fingerprint density at radius 1 is 1.28 bits per heavy atom. The van der Waals surface area contributed by atoms with Crippen molar-refractivity contribution in [2.24, 2.45) is 0 Å². The lowest BCUT2D eigenvalue weighted by Gasteiger charge is -2.25. The van der Waals surface area contributed by atoms with E-state index in [0.29, 0.717) is 0 Å². The maximum absolute atomic E-state index is 11.7. The quantitative estimate of drug-likeness (QED) is 0.868. The van der Waals surface area contributed by atoms with Gasteiger partial charge < -0.3 is 15.2 Å². The maximum atomic E-state index is 11.7. The molecule has 0 fully saturated rings. The Morgan fingerprint density at radius 2 is 1.83 bits per heavy atom. The number of alkyl carbamates (subject to hydrolysis) is 1. The number of aliphatic hydroxyl groups excluding tert-OH is 1. The van der Waals surface area contributed by atoms with Gasteiger partial charge >= 0.3 is 6.09 Å². The number of carbonyl (C=O) groups is 1. The molecule has 0 radical (unpaired) electrons. The number of carbonyl (C=O) groups excluding carboxylic acids is 1. The van der Waals surface area contributed by atoms with Gasteiger partial charge in [0.2, 0.25) is 0 Å². The maximum Gasteiger partial charge on any atom is 0.408 e. The highest BCUT2D eigenvalue weighted by molar-refractivity contribution is 5.68. The molecule has 0 saturated carbocycles. The minimum absolute atomic E-state index is 0.471. The Bertz CT molecular complexity index is 382. The van der Waals surface area contributed by atoms with Gasteiger partial charge in [0, 0.05) is 0 Å². The summed E-state index contributed by atoms with van der Waals surface area (Å²) in [5.74, 6) is 0. The van der Waals surface area contributed by atoms with Gasteiger partial charge in [0.1, 0.15) is 5.60 Å². The SMILES string of the molecule is C[C@@H](O)[C@H](NC(=O)OC(C)(C)C)c1ccccc1. The molecule has 18 heavy (non-hydrogen) atoms. The van der Waals surface area contributed by atoms with Crippen molar-refractivity contribution < 1.29 is 14.6 Å². The van der Waals surface area contributed by atoms with Crippen LogP contribution in [0.15, 0.2) is 30.3 Å². The average Bonchev–Trinajstić information content (AvgIpc) is 2.24. The average molecular weight is 251 g/mol. The number of rotatable bonds is 3. The molecule has 1 aromatic rings. The standard InChI is InChI=1S/C14H21NO3/c1-10(16)12(11-8-6-5-7-9-11)15-13(17)18-14(2,3)4/h5-10,12,16H,1-4H3,(H,15,17)/t10-,12+/m1/s1. The van der Waals surface area contributed by atoms with E-state index in [-0.39, 0.29) is 0 Å². The van der Waals surface area contributed by atoms with Gasteiger partial charge in [-0.25, -0.2) is 4.79 Å². The van der Waals surface area contributed by atoms with Crippen molar-refractivity contribution in [3.05, 3.63) is 35.9 Å². The topological polar surface area (TPSA) is 58.6 Å². The largest absolute Gasteiger partial charge is 0.444 e. The van der Waals surface area contributed by atoms with E-state index in [2.05, 4.69) is 5.32 Å². The molecule has 0 aliphatic carbocycles. The fourth-order valence-electron chi connectivity index (χ4n) is 1.58. The van der Waals surface area contributed by atoms with Gasteiger partial charge in [-0.15, -0.1) is 0 Å². The zero-order valence-electron chi connectivity index (χ0n) is 11.3. The molecule has 0 unspecified atom stereocenters. The normalized spacial score (nSPS) is 14.7. The van der Waals surface area contributed by atoms with E-state index in [1.807, 2.05) is 30.3 Å². The first-order valence-electron chi connectivity index (χ1n) is 6.02. The van der Waals surface area contributed by atoms with Crippen LogP contribution in [0.3, 0.4) is 0 Å². The van der Waals surface area contributed by atoms with E-state index in [0.717, 1.165) is 5.56 Å². The Balaban J connectivity index is 2.74. The third kappa shape index (κ3) is 4.75. The summed E-state index contributed by atoms with van der Waals surface area (Å²) in [6, 6.07) is 8.85. The van der Waals surface area contributed by atoms with Crippen molar-refractivity contribution in [1.82, 2.24) is 5.32 Å². The zero-order chi connectivity index (χ0) is 13.8. The molecule has 0 aliphatic rings. The van der Waals surface area contributed by atoms with Gasteiger partial charge in [0.25, 0.3) is 0 Å². The molecule has 1 amide bonds. The monoisotopic (exact) mass is 251 g/mol. The van der Waals surface area contributed by atoms with Crippen molar-refractivity contribution in [1.29, 1.82) is 0 Å². The van der Waals surface area contributed by atoms with Crippen LogP contribution < -0.4 is 5.32 Å². The highest BCUT2D eigenvalue weighted by Gasteiger charge is 2.23. The molecule has 100 valence electrons. The van der Waals surface area contributed by atoms with Crippen molar-refractivity contribution in [3.63, 3.8) is 0 Å². The third-order valence-electron chi connectivity index (χ3n) is 2.31. The zero-order valence-corrected chi connectivity index (χ0v) is 11.3. The van der Waals surface area contributed by atoms with Gasteiger partial charge in [-0.3, -0.25) is 0 Å². The molecular formula is C14H21NO3. The first kappa shape index (κ1) is 14.5. The molecule has 1 aromatic carbocycles. The van der Waals surface area contributed by atoms with E-state index in [9.17, 15) is 9.90 Å². The van der Waals surface area contributed by atoms with Gasteiger partial charge in [-0.1, -0.05) is 30.3 Å². The minimum atomic E-state index is -0.695. The van der Waals surface area contributed by atoms with Crippen molar-refractivity contribution in [2.75, 3.05) is 0 Å². The summed E-state index contributed by atoms with van der Waals surface area (Å²) in [4.78, 5) is 11.7. The summed E-state index contributed by atoms with van der Waals surface area (Å²) < 4.78 is 5.18. The molecule has 4 heteroatoms. The second kappa shape index (κ2) is 5.87. The summed E-state index contributed by atoms with van der Waals surface area (Å²) in [5.41, 5.74) is 0.294. The lowest BCUT2D eigenvalue weighted by atomic mass is 10.0. The van der Waals surface area contributed by atoms with Crippen LogP contribution in [-0.4, -0.2) is 22.9 Å².